The van der Waals surface area contributed by atoms with E-state index < -0.39 is 0 Å². The molecule has 1 aromatic carbocycles. The molecule has 3 nitrogen and oxygen atoms in total. The van der Waals surface area contributed by atoms with Gasteiger partial charge in [0.05, 0.1) is 0 Å². The molecule has 0 spiro atoms. The van der Waals surface area contributed by atoms with Crippen molar-refractivity contribution in [1.82, 2.24) is 5.32 Å². The fourth-order valence-corrected chi connectivity index (χ4v) is 2.63. The van der Waals surface area contributed by atoms with E-state index >= 15 is 0 Å². The molecule has 0 saturated carbocycles. The zero-order valence-electron chi connectivity index (χ0n) is 11.5. The van der Waals surface area contributed by atoms with Crippen molar-refractivity contribution in [2.24, 2.45) is 5.73 Å². The molecule has 0 amide bonds. The predicted molar refractivity (Wildman–Crippen MR) is 83.7 cm³/mol. The summed E-state index contributed by atoms with van der Waals surface area (Å²) in [6.07, 6.45) is 0. The van der Waals surface area contributed by atoms with Crippen LogP contribution in [0.5, 0.6) is 0 Å². The smallest absolute Gasteiger partial charge is 0.0447 e. The Hall–Kier alpha value is -1.36. The second-order valence-electron chi connectivity index (χ2n) is 4.73. The number of anilines is 1. The Morgan fingerprint density at radius 2 is 1.95 bits per heavy atom. The summed E-state index contributed by atoms with van der Waals surface area (Å²) < 4.78 is 0. The van der Waals surface area contributed by atoms with Gasteiger partial charge in [0.15, 0.2) is 0 Å². The number of nitrogens with two attached hydrogens (primary N) is 1. The third kappa shape index (κ3) is 3.80. The molecule has 0 saturated heterocycles. The number of hydrogen-bond acceptors (Lipinski definition) is 4. The Bertz CT molecular complexity index is 477. The highest BCUT2D eigenvalue weighted by Crippen LogP contribution is 2.18. The van der Waals surface area contributed by atoms with Gasteiger partial charge in [0.25, 0.3) is 0 Å². The summed E-state index contributed by atoms with van der Waals surface area (Å²) in [6, 6.07) is 13.0. The van der Waals surface area contributed by atoms with Crippen LogP contribution in [0.25, 0.3) is 0 Å². The van der Waals surface area contributed by atoms with E-state index in [1.807, 2.05) is 14.1 Å². The maximum absolute atomic E-state index is 5.87. The fourth-order valence-electron chi connectivity index (χ4n) is 1.98. The van der Waals surface area contributed by atoms with Crippen LogP contribution in [-0.2, 0) is 6.54 Å². The molecule has 0 aliphatic heterocycles. The first kappa shape index (κ1) is 14.1. The van der Waals surface area contributed by atoms with Crippen LogP contribution in [0.15, 0.2) is 41.8 Å². The molecule has 1 atom stereocenters. The Balaban J connectivity index is 2.00. The van der Waals surface area contributed by atoms with Crippen molar-refractivity contribution in [2.45, 2.75) is 12.6 Å². The van der Waals surface area contributed by atoms with Crippen LogP contribution in [0.1, 0.15) is 16.5 Å². The third-order valence-electron chi connectivity index (χ3n) is 3.15. The third-order valence-corrected chi connectivity index (χ3v) is 4.03. The summed E-state index contributed by atoms with van der Waals surface area (Å²) in [4.78, 5) is 3.43. The summed E-state index contributed by atoms with van der Waals surface area (Å²) in [6.45, 7) is 1.47. The Labute approximate surface area is 119 Å². The van der Waals surface area contributed by atoms with Crippen LogP contribution in [0.2, 0.25) is 0 Å². The molecule has 0 aliphatic rings. The van der Waals surface area contributed by atoms with Crippen LogP contribution in [0.4, 0.5) is 5.69 Å². The molecular weight excluding hydrogens is 254 g/mol. The van der Waals surface area contributed by atoms with Gasteiger partial charge in [0, 0.05) is 43.8 Å². The minimum absolute atomic E-state index is 0.207. The first-order valence-electron chi connectivity index (χ1n) is 6.44. The monoisotopic (exact) mass is 275 g/mol. The Morgan fingerprint density at radius 1 is 1.21 bits per heavy atom. The summed E-state index contributed by atoms with van der Waals surface area (Å²) in [5.41, 5.74) is 8.32. The second-order valence-corrected chi connectivity index (χ2v) is 5.77. The van der Waals surface area contributed by atoms with E-state index in [9.17, 15) is 0 Å². The molecule has 3 N–H and O–H groups in total. The van der Waals surface area contributed by atoms with Crippen LogP contribution >= 0.6 is 11.3 Å². The normalized spacial score (nSPS) is 12.4. The molecule has 2 aromatic rings. The van der Waals surface area contributed by atoms with E-state index in [1.165, 1.54) is 16.1 Å². The zero-order chi connectivity index (χ0) is 13.7. The molecule has 0 aliphatic carbocycles. The van der Waals surface area contributed by atoms with Crippen molar-refractivity contribution in [2.75, 3.05) is 25.5 Å². The van der Waals surface area contributed by atoms with E-state index in [2.05, 4.69) is 52.0 Å². The van der Waals surface area contributed by atoms with Crippen molar-refractivity contribution in [3.63, 3.8) is 0 Å². The van der Waals surface area contributed by atoms with Gasteiger partial charge in [-0.2, -0.15) is 0 Å². The molecule has 1 aromatic heterocycles. The van der Waals surface area contributed by atoms with Crippen molar-refractivity contribution in [3.05, 3.63) is 52.2 Å². The van der Waals surface area contributed by atoms with Crippen LogP contribution in [0, 0.1) is 0 Å². The van der Waals surface area contributed by atoms with Crippen molar-refractivity contribution < 1.29 is 0 Å². The van der Waals surface area contributed by atoms with Gasteiger partial charge in [-0.05, 0) is 29.1 Å². The number of nitrogens with zero attached hydrogens (tertiary/aromatic N) is 1. The van der Waals surface area contributed by atoms with E-state index in [-0.39, 0.29) is 6.04 Å². The molecular formula is C15H21N3S. The minimum Gasteiger partial charge on any atom is -0.378 e. The van der Waals surface area contributed by atoms with Gasteiger partial charge in [0.2, 0.25) is 0 Å². The molecule has 0 radical (unpaired) electrons. The average molecular weight is 275 g/mol. The van der Waals surface area contributed by atoms with E-state index in [4.69, 9.17) is 5.73 Å². The second kappa shape index (κ2) is 6.70. The van der Waals surface area contributed by atoms with Crippen molar-refractivity contribution in [1.29, 1.82) is 0 Å². The molecule has 2 rings (SSSR count). The standard InChI is InChI=1S/C15H21N3S/c1-18(2)13-7-5-12(6-8-13)15(10-16)17-11-14-4-3-9-19-14/h3-9,15,17H,10-11,16H2,1-2H3. The van der Waals surface area contributed by atoms with Crippen LogP contribution in [0.3, 0.4) is 0 Å². The molecule has 102 valence electrons. The molecule has 4 heteroatoms. The largest absolute Gasteiger partial charge is 0.378 e. The lowest BCUT2D eigenvalue weighted by Gasteiger charge is -2.19. The van der Waals surface area contributed by atoms with Gasteiger partial charge in [-0.3, -0.25) is 0 Å². The maximum atomic E-state index is 5.87. The molecule has 0 bridgehead atoms. The van der Waals surface area contributed by atoms with Crippen molar-refractivity contribution in [3.8, 4) is 0 Å². The summed E-state index contributed by atoms with van der Waals surface area (Å²) in [7, 11) is 4.09. The lowest BCUT2D eigenvalue weighted by Crippen LogP contribution is -2.27. The number of thiophene rings is 1. The van der Waals surface area contributed by atoms with E-state index in [0.29, 0.717) is 6.54 Å². The maximum Gasteiger partial charge on any atom is 0.0447 e. The lowest BCUT2D eigenvalue weighted by molar-refractivity contribution is 0.545. The van der Waals surface area contributed by atoms with E-state index in [0.717, 1.165) is 6.54 Å². The SMILES string of the molecule is CN(C)c1ccc(C(CN)NCc2cccs2)cc1. The van der Waals surface area contributed by atoms with Gasteiger partial charge in [-0.25, -0.2) is 0 Å². The summed E-state index contributed by atoms with van der Waals surface area (Å²) in [5.74, 6) is 0. The topological polar surface area (TPSA) is 41.3 Å². The molecule has 19 heavy (non-hydrogen) atoms. The zero-order valence-corrected chi connectivity index (χ0v) is 12.3. The molecule has 1 heterocycles. The Kier molecular flexibility index (Phi) is 4.96. The summed E-state index contributed by atoms with van der Waals surface area (Å²) in [5, 5.41) is 5.61. The number of nitrogens with one attached hydrogen (secondary N) is 1. The minimum atomic E-state index is 0.207. The van der Waals surface area contributed by atoms with Crippen molar-refractivity contribution >= 4 is 17.0 Å². The first-order chi connectivity index (χ1) is 9.20. The number of rotatable bonds is 6. The first-order valence-corrected chi connectivity index (χ1v) is 7.32. The highest BCUT2D eigenvalue weighted by Gasteiger charge is 2.09. The van der Waals surface area contributed by atoms with Gasteiger partial charge < -0.3 is 16.0 Å². The van der Waals surface area contributed by atoms with E-state index in [1.54, 1.807) is 11.3 Å². The van der Waals surface area contributed by atoms with Crippen LogP contribution < -0.4 is 16.0 Å². The van der Waals surface area contributed by atoms with Crippen LogP contribution in [-0.4, -0.2) is 20.6 Å². The number of hydrogen-bond donors (Lipinski definition) is 2. The van der Waals surface area contributed by atoms with Gasteiger partial charge >= 0.3 is 0 Å². The summed E-state index contributed by atoms with van der Waals surface area (Å²) >= 11 is 1.77. The highest BCUT2D eigenvalue weighted by molar-refractivity contribution is 7.09. The van der Waals surface area contributed by atoms with Gasteiger partial charge in [0.1, 0.15) is 0 Å². The predicted octanol–water partition coefficient (Wildman–Crippen LogP) is 2.60. The van der Waals surface area contributed by atoms with Gasteiger partial charge in [-0.15, -0.1) is 11.3 Å². The molecule has 0 fully saturated rings. The number of benzene rings is 1. The quantitative estimate of drug-likeness (QED) is 0.851. The Morgan fingerprint density at radius 3 is 2.47 bits per heavy atom. The average Bonchev–Trinajstić information content (AvgIpc) is 2.93. The lowest BCUT2D eigenvalue weighted by atomic mass is 10.1. The molecule has 1 unspecified atom stereocenters. The fraction of sp³-hybridized carbons (Fsp3) is 0.333. The van der Waals surface area contributed by atoms with Gasteiger partial charge in [-0.1, -0.05) is 18.2 Å². The highest BCUT2D eigenvalue weighted by atomic mass is 32.1.